The molecular weight excluding hydrogens is 302 g/mol. The van der Waals surface area contributed by atoms with Gasteiger partial charge < -0.3 is 14.3 Å². The van der Waals surface area contributed by atoms with Crippen molar-refractivity contribution in [3.05, 3.63) is 0 Å². The Labute approximate surface area is 125 Å². The minimum Gasteiger partial charge on any atom is -0.454 e. The minimum atomic E-state index is -4.25. The Hall–Kier alpha value is -1.03. The lowest BCUT2D eigenvalue weighted by atomic mass is 10.2. The molecule has 0 aliphatic rings. The molecule has 0 bridgehead atoms. The summed E-state index contributed by atoms with van der Waals surface area (Å²) in [5.41, 5.74) is 0. The number of aliphatic hydroxyl groups excluding tert-OH is 1. The molecule has 1 atom stereocenters. The van der Waals surface area contributed by atoms with Crippen molar-refractivity contribution in [1.82, 2.24) is 0 Å². The van der Waals surface area contributed by atoms with Gasteiger partial charge in [0.2, 0.25) is 5.78 Å². The van der Waals surface area contributed by atoms with Crippen LogP contribution < -0.4 is 0 Å². The molecule has 1 unspecified atom stereocenters. The largest absolute Gasteiger partial charge is 0.454 e. The van der Waals surface area contributed by atoms with Gasteiger partial charge in [0.1, 0.15) is 31.6 Å². The summed E-state index contributed by atoms with van der Waals surface area (Å²) in [5, 5.41) is 9.76. The van der Waals surface area contributed by atoms with Gasteiger partial charge in [0.25, 0.3) is 10.1 Å². The second-order valence-corrected chi connectivity index (χ2v) is 6.47. The van der Waals surface area contributed by atoms with Crippen LogP contribution in [0.2, 0.25) is 0 Å². The third-order valence-corrected chi connectivity index (χ3v) is 4.23. The minimum absolute atomic E-state index is 0.00130. The maximum absolute atomic E-state index is 11.1. The molecule has 8 nitrogen and oxygen atoms in total. The van der Waals surface area contributed by atoms with Crippen molar-refractivity contribution in [2.24, 2.45) is 0 Å². The Morgan fingerprint density at radius 1 is 1.24 bits per heavy atom. The van der Waals surface area contributed by atoms with E-state index in [-0.39, 0.29) is 13.2 Å². The zero-order valence-electron chi connectivity index (χ0n) is 12.6. The number of nitrogens with zero attached hydrogens (tertiary/aromatic N) is 1. The fourth-order valence-corrected chi connectivity index (χ4v) is 2.66. The lowest BCUT2D eigenvalue weighted by Gasteiger charge is -2.37. The summed E-state index contributed by atoms with van der Waals surface area (Å²) in [6.07, 6.45) is -1.22. The summed E-state index contributed by atoms with van der Waals surface area (Å²) in [7, 11) is -4.25. The van der Waals surface area contributed by atoms with E-state index < -0.39 is 33.7 Å². The van der Waals surface area contributed by atoms with Crippen molar-refractivity contribution in [2.45, 2.75) is 26.9 Å². The first-order valence-electron chi connectivity index (χ1n) is 6.71. The second-order valence-electron chi connectivity index (χ2n) is 4.97. The van der Waals surface area contributed by atoms with Crippen LogP contribution >= 0.6 is 0 Å². The summed E-state index contributed by atoms with van der Waals surface area (Å²) >= 11 is 0. The van der Waals surface area contributed by atoms with E-state index in [1.165, 1.54) is 0 Å². The highest BCUT2D eigenvalue weighted by atomic mass is 32.2. The zero-order valence-corrected chi connectivity index (χ0v) is 13.4. The molecule has 0 saturated heterocycles. The molecule has 0 aliphatic carbocycles. The predicted molar refractivity (Wildman–Crippen MR) is 75.1 cm³/mol. The molecule has 21 heavy (non-hydrogen) atoms. The standard InChI is InChI=1S/C12H23NO7S/c1-4-13(5-2,6-7-20-12(16)10(3)14)8-11(15)9-21(17,18)19/h11,15H,4-9H2,1-3H3/p+1. The van der Waals surface area contributed by atoms with Gasteiger partial charge in [-0.25, -0.2) is 4.79 Å². The van der Waals surface area contributed by atoms with Gasteiger partial charge in [-0.05, 0) is 13.8 Å². The maximum atomic E-state index is 11.1. The highest BCUT2D eigenvalue weighted by molar-refractivity contribution is 7.85. The van der Waals surface area contributed by atoms with Gasteiger partial charge in [-0.3, -0.25) is 9.35 Å². The van der Waals surface area contributed by atoms with Crippen LogP contribution in [0.15, 0.2) is 0 Å². The first kappa shape index (κ1) is 20.0. The van der Waals surface area contributed by atoms with Crippen LogP contribution in [0, 0.1) is 0 Å². The van der Waals surface area contributed by atoms with Crippen LogP contribution in [0.25, 0.3) is 0 Å². The van der Waals surface area contributed by atoms with Crippen molar-refractivity contribution in [3.8, 4) is 0 Å². The number of carbonyl (C=O) groups is 2. The first-order chi connectivity index (χ1) is 9.55. The number of hydrogen-bond acceptors (Lipinski definition) is 6. The SMILES string of the molecule is CC[N+](CC)(CCOC(=O)C(C)=O)CC(O)CS(=O)(=O)O. The molecule has 0 aromatic carbocycles. The number of aliphatic hydroxyl groups is 1. The number of Topliss-reactive ketones (excluding diaryl/α,β-unsaturated/α-hetero) is 1. The normalized spacial score (nSPS) is 13.8. The molecule has 2 N–H and O–H groups in total. The van der Waals surface area contributed by atoms with Crippen molar-refractivity contribution in [3.63, 3.8) is 0 Å². The molecule has 0 rings (SSSR count). The molecule has 0 fully saturated rings. The average Bonchev–Trinajstić information content (AvgIpc) is 2.34. The van der Waals surface area contributed by atoms with E-state index in [1.807, 2.05) is 13.8 Å². The summed E-state index contributed by atoms with van der Waals surface area (Å²) < 4.78 is 35.4. The van der Waals surface area contributed by atoms with E-state index in [2.05, 4.69) is 0 Å². The first-order valence-corrected chi connectivity index (χ1v) is 8.32. The number of rotatable bonds is 10. The molecule has 0 aromatic rings. The Kier molecular flexibility index (Phi) is 8.01. The molecular formula is C12H24NO7S+. The molecule has 0 aliphatic heterocycles. The average molecular weight is 326 g/mol. The number of carbonyl (C=O) groups excluding carboxylic acids is 2. The van der Waals surface area contributed by atoms with Crippen LogP contribution in [0.5, 0.6) is 0 Å². The fraction of sp³-hybridized carbons (Fsp3) is 0.833. The molecule has 0 saturated carbocycles. The van der Waals surface area contributed by atoms with Crippen LogP contribution in [0.3, 0.4) is 0 Å². The summed E-state index contributed by atoms with van der Waals surface area (Å²) in [6.45, 7) is 6.43. The highest BCUT2D eigenvalue weighted by Crippen LogP contribution is 2.09. The van der Waals surface area contributed by atoms with Gasteiger partial charge >= 0.3 is 5.97 Å². The van der Waals surface area contributed by atoms with Crippen molar-refractivity contribution >= 4 is 21.9 Å². The lowest BCUT2D eigenvalue weighted by Crippen LogP contribution is -2.54. The van der Waals surface area contributed by atoms with Gasteiger partial charge in [0, 0.05) is 6.92 Å². The van der Waals surface area contributed by atoms with Crippen molar-refractivity contribution in [1.29, 1.82) is 0 Å². The molecule has 9 heteroatoms. The van der Waals surface area contributed by atoms with E-state index in [0.29, 0.717) is 24.1 Å². The Morgan fingerprint density at radius 2 is 1.76 bits per heavy atom. The molecule has 124 valence electrons. The molecule has 0 radical (unpaired) electrons. The van der Waals surface area contributed by atoms with Crippen LogP contribution in [0.4, 0.5) is 0 Å². The second kappa shape index (κ2) is 8.42. The Bertz CT molecular complexity index is 456. The monoisotopic (exact) mass is 326 g/mol. The van der Waals surface area contributed by atoms with Crippen LogP contribution in [-0.4, -0.2) is 79.0 Å². The van der Waals surface area contributed by atoms with Gasteiger partial charge in [-0.1, -0.05) is 0 Å². The number of likely N-dealkylation sites (N-methyl/N-ethyl adjacent to an activating group) is 1. The summed E-state index contributed by atoms with van der Waals surface area (Å²) in [5.74, 6) is -2.34. The van der Waals surface area contributed by atoms with Crippen LogP contribution in [-0.2, 0) is 24.4 Å². The van der Waals surface area contributed by atoms with Gasteiger partial charge in [0.15, 0.2) is 0 Å². The number of ketones is 1. The molecule has 0 spiro atoms. The number of hydrogen-bond donors (Lipinski definition) is 2. The third-order valence-electron chi connectivity index (χ3n) is 3.43. The number of esters is 1. The smallest absolute Gasteiger partial charge is 0.374 e. The van der Waals surface area contributed by atoms with E-state index in [4.69, 9.17) is 9.29 Å². The summed E-state index contributed by atoms with van der Waals surface area (Å²) in [4.78, 5) is 21.8. The Morgan fingerprint density at radius 3 is 2.14 bits per heavy atom. The zero-order chi connectivity index (χ0) is 16.7. The van der Waals surface area contributed by atoms with Crippen molar-refractivity contribution < 1.29 is 36.9 Å². The van der Waals surface area contributed by atoms with Crippen LogP contribution in [0.1, 0.15) is 20.8 Å². The number of ether oxygens (including phenoxy) is 1. The van der Waals surface area contributed by atoms with E-state index in [9.17, 15) is 23.1 Å². The predicted octanol–water partition coefficient (Wildman–Crippen LogP) is -0.776. The fourth-order valence-electron chi connectivity index (χ4n) is 2.07. The van der Waals surface area contributed by atoms with E-state index in [1.54, 1.807) is 0 Å². The maximum Gasteiger partial charge on any atom is 0.374 e. The Balaban J connectivity index is 4.62. The van der Waals surface area contributed by atoms with Gasteiger partial charge in [-0.2, -0.15) is 8.42 Å². The van der Waals surface area contributed by atoms with Gasteiger partial charge in [0.05, 0.1) is 13.1 Å². The quantitative estimate of drug-likeness (QED) is 0.234. The van der Waals surface area contributed by atoms with E-state index >= 15 is 0 Å². The lowest BCUT2D eigenvalue weighted by molar-refractivity contribution is -0.927. The van der Waals surface area contributed by atoms with Gasteiger partial charge in [-0.15, -0.1) is 0 Å². The summed E-state index contributed by atoms with van der Waals surface area (Å²) in [6, 6.07) is 0. The van der Waals surface area contributed by atoms with Crippen molar-refractivity contribution in [2.75, 3.05) is 38.5 Å². The van der Waals surface area contributed by atoms with E-state index in [0.717, 1.165) is 6.92 Å². The highest BCUT2D eigenvalue weighted by Gasteiger charge is 2.29. The third kappa shape index (κ3) is 8.10. The number of quaternary nitrogens is 1. The molecule has 0 aromatic heterocycles. The molecule has 0 heterocycles. The molecule has 0 amide bonds. The topological polar surface area (TPSA) is 118 Å².